The number of fused-ring (bicyclic) bond motifs is 1. The monoisotopic (exact) mass is 493 g/mol. The van der Waals surface area contributed by atoms with Gasteiger partial charge in [-0.05, 0) is 60.4 Å². The molecule has 0 bridgehead atoms. The highest BCUT2D eigenvalue weighted by Gasteiger charge is 2.13. The molecule has 0 spiro atoms. The topological polar surface area (TPSA) is 75.0 Å². The van der Waals surface area contributed by atoms with Crippen molar-refractivity contribution in [2.24, 2.45) is 5.92 Å². The molecule has 184 valence electrons. The predicted molar refractivity (Wildman–Crippen MR) is 140 cm³/mol. The predicted octanol–water partition coefficient (Wildman–Crippen LogP) is 4.98. The second-order valence-electron chi connectivity index (χ2n) is 8.74. The van der Waals surface area contributed by atoms with Gasteiger partial charge >= 0.3 is 0 Å². The normalized spacial score (nSPS) is 12.0. The van der Waals surface area contributed by atoms with E-state index in [0.717, 1.165) is 29.7 Å². The summed E-state index contributed by atoms with van der Waals surface area (Å²) in [7, 11) is 1.61. The van der Waals surface area contributed by atoms with Gasteiger partial charge in [-0.3, -0.25) is 4.79 Å². The highest BCUT2D eigenvalue weighted by Crippen LogP contribution is 2.29. The molecule has 0 aliphatic heterocycles. The fourth-order valence-corrected chi connectivity index (χ4v) is 4.41. The largest absolute Gasteiger partial charge is 0.494 e. The first-order valence-corrected chi connectivity index (χ1v) is 12.8. The average molecular weight is 494 g/mol. The van der Waals surface area contributed by atoms with Crippen LogP contribution in [0, 0.1) is 5.92 Å². The quantitative estimate of drug-likeness (QED) is 0.274. The van der Waals surface area contributed by atoms with E-state index in [0.29, 0.717) is 45.9 Å². The Balaban J connectivity index is 1.53. The molecule has 0 atom stereocenters. The van der Waals surface area contributed by atoms with Crippen molar-refractivity contribution < 1.29 is 14.2 Å². The third-order valence-electron chi connectivity index (χ3n) is 5.37. The van der Waals surface area contributed by atoms with Crippen LogP contribution in [-0.4, -0.2) is 34.9 Å². The van der Waals surface area contributed by atoms with Crippen LogP contribution in [0.1, 0.15) is 45.6 Å². The lowest BCUT2D eigenvalue weighted by Gasteiger charge is -2.12. The molecule has 2 aromatic heterocycles. The molecule has 0 aliphatic rings. The van der Waals surface area contributed by atoms with Crippen molar-refractivity contribution in [2.45, 2.75) is 40.0 Å². The summed E-state index contributed by atoms with van der Waals surface area (Å²) >= 11 is 1.31. The molecule has 0 radical (unpaired) electrons. The SMILES string of the molecule is CCCCCOc1ccc(-c2nc3s/c(=C/c4ccc(OCC(C)C)c(OC)c4)c(=O)n3n2)cc1. The Morgan fingerprint density at radius 2 is 1.86 bits per heavy atom. The molecule has 4 aromatic rings. The van der Waals surface area contributed by atoms with E-state index in [4.69, 9.17) is 14.2 Å². The highest BCUT2D eigenvalue weighted by atomic mass is 32.1. The van der Waals surface area contributed by atoms with Gasteiger partial charge in [0, 0.05) is 5.56 Å². The maximum absolute atomic E-state index is 13.0. The number of thiazole rings is 1. The lowest BCUT2D eigenvalue weighted by atomic mass is 10.2. The molecule has 0 saturated heterocycles. The van der Waals surface area contributed by atoms with Crippen LogP contribution < -0.4 is 24.3 Å². The minimum atomic E-state index is -0.196. The number of nitrogens with zero attached hydrogens (tertiary/aromatic N) is 3. The van der Waals surface area contributed by atoms with Crippen molar-refractivity contribution in [1.29, 1.82) is 0 Å². The van der Waals surface area contributed by atoms with E-state index in [9.17, 15) is 4.79 Å². The van der Waals surface area contributed by atoms with Crippen LogP contribution in [0.15, 0.2) is 47.3 Å². The maximum atomic E-state index is 13.0. The summed E-state index contributed by atoms with van der Waals surface area (Å²) in [5.41, 5.74) is 1.49. The molecular formula is C27H31N3O4S. The van der Waals surface area contributed by atoms with Crippen LogP contribution in [0.2, 0.25) is 0 Å². The average Bonchev–Trinajstić information content (AvgIpc) is 3.40. The Morgan fingerprint density at radius 3 is 2.54 bits per heavy atom. The smallest absolute Gasteiger partial charge is 0.291 e. The molecule has 4 rings (SSSR count). The van der Waals surface area contributed by atoms with E-state index in [2.05, 4.69) is 30.9 Å². The number of ether oxygens (including phenoxy) is 3. The van der Waals surface area contributed by atoms with Crippen molar-refractivity contribution in [1.82, 2.24) is 14.6 Å². The van der Waals surface area contributed by atoms with Gasteiger partial charge in [0.2, 0.25) is 4.96 Å². The molecule has 0 saturated carbocycles. The van der Waals surface area contributed by atoms with Crippen LogP contribution in [0.3, 0.4) is 0 Å². The number of aromatic nitrogens is 3. The lowest BCUT2D eigenvalue weighted by Crippen LogP contribution is -2.23. The molecule has 0 unspecified atom stereocenters. The van der Waals surface area contributed by atoms with Gasteiger partial charge in [-0.15, -0.1) is 5.10 Å². The Labute approximate surface area is 209 Å². The zero-order valence-electron chi connectivity index (χ0n) is 20.6. The van der Waals surface area contributed by atoms with Crippen molar-refractivity contribution >= 4 is 22.4 Å². The second kappa shape index (κ2) is 11.4. The van der Waals surface area contributed by atoms with E-state index >= 15 is 0 Å². The lowest BCUT2D eigenvalue weighted by molar-refractivity contribution is 0.257. The minimum absolute atomic E-state index is 0.196. The van der Waals surface area contributed by atoms with Crippen LogP contribution >= 0.6 is 11.3 Å². The first-order valence-electron chi connectivity index (χ1n) is 11.9. The Morgan fingerprint density at radius 1 is 1.06 bits per heavy atom. The second-order valence-corrected chi connectivity index (χ2v) is 9.75. The first kappa shape index (κ1) is 24.7. The van der Waals surface area contributed by atoms with Gasteiger partial charge in [0.25, 0.3) is 5.56 Å². The molecule has 0 N–H and O–H groups in total. The van der Waals surface area contributed by atoms with Crippen LogP contribution in [-0.2, 0) is 0 Å². The molecule has 0 fully saturated rings. The van der Waals surface area contributed by atoms with E-state index in [1.165, 1.54) is 22.3 Å². The third kappa shape index (κ3) is 6.00. The van der Waals surface area contributed by atoms with Gasteiger partial charge in [0.05, 0.1) is 24.9 Å². The van der Waals surface area contributed by atoms with Gasteiger partial charge in [-0.25, -0.2) is 0 Å². The van der Waals surface area contributed by atoms with Gasteiger partial charge < -0.3 is 14.2 Å². The van der Waals surface area contributed by atoms with Gasteiger partial charge in [0.1, 0.15) is 5.75 Å². The first-order chi connectivity index (χ1) is 17.0. The minimum Gasteiger partial charge on any atom is -0.494 e. The van der Waals surface area contributed by atoms with Crippen molar-refractivity contribution in [2.75, 3.05) is 20.3 Å². The Hall–Kier alpha value is -3.39. The number of hydrogen-bond donors (Lipinski definition) is 0. The summed E-state index contributed by atoms with van der Waals surface area (Å²) < 4.78 is 19.0. The maximum Gasteiger partial charge on any atom is 0.291 e. The molecule has 8 heteroatoms. The van der Waals surface area contributed by atoms with E-state index in [1.807, 2.05) is 48.5 Å². The summed E-state index contributed by atoms with van der Waals surface area (Å²) in [6, 6.07) is 13.3. The molecule has 0 amide bonds. The Kier molecular flexibility index (Phi) is 8.02. The molecule has 35 heavy (non-hydrogen) atoms. The standard InChI is InChI=1S/C27H31N3O4S/c1-5-6-7-14-33-21-11-9-20(10-12-21)25-28-27-30(29-25)26(31)24(35-27)16-19-8-13-22(23(15-19)32-4)34-17-18(2)3/h8-13,15-16,18H,5-7,14,17H2,1-4H3/b24-16+. The Bertz CT molecular complexity index is 1380. The van der Waals surface area contributed by atoms with E-state index < -0.39 is 0 Å². The fourth-order valence-electron chi connectivity index (χ4n) is 3.50. The number of rotatable bonds is 11. The number of methoxy groups -OCH3 is 1. The number of unbranched alkanes of at least 4 members (excludes halogenated alkanes) is 2. The summed E-state index contributed by atoms with van der Waals surface area (Å²) in [6.45, 7) is 7.68. The van der Waals surface area contributed by atoms with Crippen molar-refractivity contribution in [3.05, 3.63) is 62.9 Å². The van der Waals surface area contributed by atoms with Crippen molar-refractivity contribution in [3.63, 3.8) is 0 Å². The number of hydrogen-bond acceptors (Lipinski definition) is 7. The fraction of sp³-hybridized carbons (Fsp3) is 0.370. The summed E-state index contributed by atoms with van der Waals surface area (Å²) in [6.07, 6.45) is 5.20. The zero-order chi connectivity index (χ0) is 24.8. The summed E-state index contributed by atoms with van der Waals surface area (Å²) in [5, 5.41) is 4.45. The molecule has 2 heterocycles. The van der Waals surface area contributed by atoms with Gasteiger partial charge in [-0.2, -0.15) is 9.50 Å². The zero-order valence-corrected chi connectivity index (χ0v) is 21.4. The van der Waals surface area contributed by atoms with E-state index in [-0.39, 0.29) is 5.56 Å². The van der Waals surface area contributed by atoms with Crippen LogP contribution in [0.4, 0.5) is 0 Å². The summed E-state index contributed by atoms with van der Waals surface area (Å²) in [4.78, 5) is 18.1. The van der Waals surface area contributed by atoms with Crippen LogP contribution in [0.5, 0.6) is 17.2 Å². The molecule has 0 aliphatic carbocycles. The summed E-state index contributed by atoms with van der Waals surface area (Å²) in [5.74, 6) is 3.07. The molecular weight excluding hydrogens is 462 g/mol. The highest BCUT2D eigenvalue weighted by molar-refractivity contribution is 7.15. The molecule has 2 aromatic carbocycles. The third-order valence-corrected chi connectivity index (χ3v) is 6.33. The molecule has 7 nitrogen and oxygen atoms in total. The van der Waals surface area contributed by atoms with E-state index in [1.54, 1.807) is 7.11 Å². The van der Waals surface area contributed by atoms with Gasteiger partial charge in [0.15, 0.2) is 17.3 Å². The van der Waals surface area contributed by atoms with Crippen LogP contribution in [0.25, 0.3) is 22.4 Å². The number of benzene rings is 2. The van der Waals surface area contributed by atoms with Crippen molar-refractivity contribution in [3.8, 4) is 28.6 Å². The van der Waals surface area contributed by atoms with Gasteiger partial charge in [-0.1, -0.05) is 51.0 Å².